The van der Waals surface area contributed by atoms with Gasteiger partial charge in [0.15, 0.2) is 0 Å². The molecule has 4 aromatic carbocycles. The molecular formula is C28H25N7O. The lowest BCUT2D eigenvalue weighted by molar-refractivity contribution is 0.472. The zero-order valence-corrected chi connectivity index (χ0v) is 19.4. The minimum Gasteiger partial charge on any atom is -0.505 e. The van der Waals surface area contributed by atoms with E-state index < -0.39 is 0 Å². The highest BCUT2D eigenvalue weighted by atomic mass is 16.3. The Kier molecular flexibility index (Phi) is 6.31. The van der Waals surface area contributed by atoms with Crippen LogP contribution in [0.5, 0.6) is 5.75 Å². The summed E-state index contributed by atoms with van der Waals surface area (Å²) in [4.78, 5) is 12.6. The Balaban J connectivity index is 0.000000152. The maximum absolute atomic E-state index is 10.2. The third-order valence-electron chi connectivity index (χ3n) is 5.74. The number of phenolic OH excluding ortho intramolecular Hbond substituents is 1. The molecule has 0 atom stereocenters. The lowest BCUT2D eigenvalue weighted by Crippen LogP contribution is -2.04. The van der Waals surface area contributed by atoms with E-state index in [4.69, 9.17) is 11.5 Å². The molecule has 0 unspecified atom stereocenters. The van der Waals surface area contributed by atoms with Gasteiger partial charge in [-0.2, -0.15) is 0 Å². The van der Waals surface area contributed by atoms with Gasteiger partial charge in [-0.1, -0.05) is 54.6 Å². The van der Waals surface area contributed by atoms with Crippen LogP contribution in [0.4, 0.5) is 17.3 Å². The van der Waals surface area contributed by atoms with Crippen LogP contribution in [-0.2, 0) is 6.54 Å². The fourth-order valence-electron chi connectivity index (χ4n) is 3.97. The zero-order chi connectivity index (χ0) is 24.9. The Hall–Kier alpha value is -5.11. The SMILES string of the molecule is Nc1c(O)c(CNc2ccccc2)cc2ccccc12.Nc1nc2ccccc2n1-c1ncccn1. The van der Waals surface area contributed by atoms with E-state index in [1.165, 1.54) is 0 Å². The number of fused-ring (bicyclic) bond motifs is 2. The lowest BCUT2D eigenvalue weighted by Gasteiger charge is -2.12. The van der Waals surface area contributed by atoms with Crippen LogP contribution in [0.1, 0.15) is 5.56 Å². The molecule has 0 saturated carbocycles. The summed E-state index contributed by atoms with van der Waals surface area (Å²) >= 11 is 0. The van der Waals surface area contributed by atoms with Gasteiger partial charge in [0.05, 0.1) is 16.7 Å². The average Bonchev–Trinajstić information content (AvgIpc) is 3.27. The van der Waals surface area contributed by atoms with Gasteiger partial charge in [-0.15, -0.1) is 0 Å². The number of hydrogen-bond donors (Lipinski definition) is 4. The standard InChI is InChI=1S/C17H16N2O.C11H9N5/c18-16-15-9-5-4-6-12(15)10-13(17(16)20)11-19-14-7-2-1-3-8-14;12-10-15-8-4-1-2-5-9(8)16(10)11-13-6-3-7-14-11/h1-10,19-20H,11,18H2;1-7H,(H2,12,15). The Morgan fingerprint density at radius 3 is 2.31 bits per heavy atom. The number of anilines is 3. The molecule has 36 heavy (non-hydrogen) atoms. The van der Waals surface area contributed by atoms with Gasteiger partial charge in [-0.05, 0) is 41.8 Å². The normalized spacial score (nSPS) is 10.7. The monoisotopic (exact) mass is 475 g/mol. The molecule has 0 aliphatic carbocycles. The number of para-hydroxylation sites is 3. The quantitative estimate of drug-likeness (QED) is 0.205. The van der Waals surface area contributed by atoms with E-state index in [1.807, 2.05) is 84.9 Å². The topological polar surface area (TPSA) is 128 Å². The molecule has 0 amide bonds. The van der Waals surface area contributed by atoms with Crippen molar-refractivity contribution < 1.29 is 5.11 Å². The predicted octanol–water partition coefficient (Wildman–Crippen LogP) is 5.14. The van der Waals surface area contributed by atoms with Crippen LogP contribution < -0.4 is 16.8 Å². The molecule has 8 nitrogen and oxygen atoms in total. The first kappa shape index (κ1) is 22.7. The molecule has 0 fully saturated rings. The Morgan fingerprint density at radius 2 is 1.50 bits per heavy atom. The van der Waals surface area contributed by atoms with Gasteiger partial charge >= 0.3 is 0 Å². The number of benzene rings is 4. The molecule has 8 heteroatoms. The molecule has 0 radical (unpaired) electrons. The number of nitrogens with two attached hydrogens (primary N) is 2. The van der Waals surface area contributed by atoms with Crippen LogP contribution in [-0.4, -0.2) is 24.6 Å². The summed E-state index contributed by atoms with van der Waals surface area (Å²) in [5.41, 5.74) is 15.9. The number of phenols is 1. The summed E-state index contributed by atoms with van der Waals surface area (Å²) in [7, 11) is 0. The van der Waals surface area contributed by atoms with Crippen molar-refractivity contribution >= 4 is 39.1 Å². The van der Waals surface area contributed by atoms with Crippen LogP contribution in [0.3, 0.4) is 0 Å². The fourth-order valence-corrected chi connectivity index (χ4v) is 3.97. The third-order valence-corrected chi connectivity index (χ3v) is 5.74. The van der Waals surface area contributed by atoms with Crippen LogP contribution in [0.15, 0.2) is 103 Å². The molecule has 0 spiro atoms. The molecule has 0 aliphatic heterocycles. The van der Waals surface area contributed by atoms with Crippen molar-refractivity contribution in [3.05, 3.63) is 109 Å². The van der Waals surface area contributed by atoms with E-state index in [1.54, 1.807) is 23.0 Å². The molecule has 0 bridgehead atoms. The average molecular weight is 476 g/mol. The van der Waals surface area contributed by atoms with Crippen molar-refractivity contribution in [2.45, 2.75) is 6.54 Å². The highest BCUT2D eigenvalue weighted by Gasteiger charge is 2.11. The van der Waals surface area contributed by atoms with Gasteiger partial charge in [0, 0.05) is 35.6 Å². The molecule has 6 rings (SSSR count). The first-order valence-corrected chi connectivity index (χ1v) is 11.4. The molecule has 0 aliphatic rings. The highest BCUT2D eigenvalue weighted by molar-refractivity contribution is 5.96. The number of hydrogen-bond acceptors (Lipinski definition) is 7. The maximum Gasteiger partial charge on any atom is 0.236 e. The van der Waals surface area contributed by atoms with Gasteiger partial charge < -0.3 is 21.9 Å². The van der Waals surface area contributed by atoms with Crippen molar-refractivity contribution in [3.63, 3.8) is 0 Å². The predicted molar refractivity (Wildman–Crippen MR) is 145 cm³/mol. The number of nitrogens with one attached hydrogen (secondary N) is 1. The molecule has 2 aromatic heterocycles. The number of rotatable bonds is 4. The molecular weight excluding hydrogens is 450 g/mol. The van der Waals surface area contributed by atoms with Gasteiger partial charge in [0.1, 0.15) is 5.75 Å². The first-order chi connectivity index (χ1) is 17.6. The summed E-state index contributed by atoms with van der Waals surface area (Å²) in [6, 6.07) is 29.1. The van der Waals surface area contributed by atoms with Gasteiger partial charge in [0.25, 0.3) is 0 Å². The van der Waals surface area contributed by atoms with Crippen molar-refractivity contribution in [1.82, 2.24) is 19.5 Å². The summed E-state index contributed by atoms with van der Waals surface area (Å²) in [5.74, 6) is 1.09. The van der Waals surface area contributed by atoms with E-state index >= 15 is 0 Å². The molecule has 6 N–H and O–H groups in total. The smallest absolute Gasteiger partial charge is 0.236 e. The Labute approximate surface area is 207 Å². The number of nitrogen functional groups attached to an aromatic ring is 2. The summed E-state index contributed by atoms with van der Waals surface area (Å²) in [5, 5.41) is 15.4. The first-order valence-electron chi connectivity index (χ1n) is 11.4. The zero-order valence-electron chi connectivity index (χ0n) is 19.4. The Morgan fingerprint density at radius 1 is 0.806 bits per heavy atom. The fraction of sp³-hybridized carbons (Fsp3) is 0.0357. The Bertz CT molecular complexity index is 1620. The van der Waals surface area contributed by atoms with E-state index in [2.05, 4.69) is 20.3 Å². The minimum atomic E-state index is 0.159. The van der Waals surface area contributed by atoms with Crippen LogP contribution in [0.25, 0.3) is 27.8 Å². The van der Waals surface area contributed by atoms with Crippen LogP contribution in [0.2, 0.25) is 0 Å². The number of imidazole rings is 1. The van der Waals surface area contributed by atoms with E-state index in [-0.39, 0.29) is 5.75 Å². The second-order valence-electron chi connectivity index (χ2n) is 8.08. The molecule has 0 saturated heterocycles. The molecule has 6 aromatic rings. The van der Waals surface area contributed by atoms with Gasteiger partial charge in [-0.25, -0.2) is 19.5 Å². The van der Waals surface area contributed by atoms with Gasteiger partial charge in [-0.3, -0.25) is 0 Å². The minimum absolute atomic E-state index is 0.159. The van der Waals surface area contributed by atoms with Crippen molar-refractivity contribution in [2.24, 2.45) is 0 Å². The van der Waals surface area contributed by atoms with E-state index in [0.29, 0.717) is 24.1 Å². The van der Waals surface area contributed by atoms with E-state index in [0.717, 1.165) is 33.1 Å². The van der Waals surface area contributed by atoms with Gasteiger partial charge in [0.2, 0.25) is 11.9 Å². The maximum atomic E-state index is 10.2. The van der Waals surface area contributed by atoms with Crippen molar-refractivity contribution in [1.29, 1.82) is 0 Å². The second-order valence-corrected chi connectivity index (χ2v) is 8.08. The molecule has 2 heterocycles. The largest absolute Gasteiger partial charge is 0.505 e. The summed E-state index contributed by atoms with van der Waals surface area (Å²) in [6.07, 6.45) is 3.35. The lowest BCUT2D eigenvalue weighted by atomic mass is 10.0. The second kappa shape index (κ2) is 10.0. The number of nitrogens with zero attached hydrogens (tertiary/aromatic N) is 4. The molecule has 178 valence electrons. The number of aromatic hydroxyl groups is 1. The third kappa shape index (κ3) is 4.60. The number of aromatic nitrogens is 4. The van der Waals surface area contributed by atoms with Crippen molar-refractivity contribution in [3.8, 4) is 11.7 Å². The highest BCUT2D eigenvalue weighted by Crippen LogP contribution is 2.33. The summed E-state index contributed by atoms with van der Waals surface area (Å²) < 4.78 is 1.73. The van der Waals surface area contributed by atoms with Crippen LogP contribution in [0, 0.1) is 0 Å². The van der Waals surface area contributed by atoms with Crippen molar-refractivity contribution in [2.75, 3.05) is 16.8 Å². The summed E-state index contributed by atoms with van der Waals surface area (Å²) in [6.45, 7) is 0.533. The van der Waals surface area contributed by atoms with E-state index in [9.17, 15) is 5.11 Å². The van der Waals surface area contributed by atoms with Crippen LogP contribution >= 0.6 is 0 Å².